The van der Waals surface area contributed by atoms with Gasteiger partial charge in [-0.25, -0.2) is 13.1 Å². The lowest BCUT2D eigenvalue weighted by atomic mass is 10.2. The summed E-state index contributed by atoms with van der Waals surface area (Å²) in [5.74, 6) is 0.877. The first-order valence-electron chi connectivity index (χ1n) is 6.56. The van der Waals surface area contributed by atoms with Crippen molar-refractivity contribution in [1.29, 1.82) is 0 Å². The lowest BCUT2D eigenvalue weighted by Crippen LogP contribution is -2.25. The standard InChI is InChI=1S/C14H19N3O3S/c1-9-5-4-6-12(17-9)8-16-21(18,19)14-11(3)20-10(2)13(14)7-15/h4-6,16H,7-8,15H2,1-3H3. The molecule has 7 heteroatoms. The molecule has 21 heavy (non-hydrogen) atoms. The fourth-order valence-corrected chi connectivity index (χ4v) is 3.69. The van der Waals surface area contributed by atoms with Crippen LogP contribution in [0.2, 0.25) is 0 Å². The minimum atomic E-state index is -3.69. The molecule has 2 rings (SSSR count). The van der Waals surface area contributed by atoms with Crippen LogP contribution in [-0.2, 0) is 23.1 Å². The lowest BCUT2D eigenvalue weighted by molar-refractivity contribution is 0.494. The van der Waals surface area contributed by atoms with Gasteiger partial charge in [0.2, 0.25) is 10.0 Å². The van der Waals surface area contributed by atoms with Crippen molar-refractivity contribution in [1.82, 2.24) is 9.71 Å². The van der Waals surface area contributed by atoms with Crippen LogP contribution < -0.4 is 10.5 Å². The third-order valence-electron chi connectivity index (χ3n) is 3.19. The molecule has 0 saturated heterocycles. The van der Waals surface area contributed by atoms with Crippen LogP contribution in [0.4, 0.5) is 0 Å². The summed E-state index contributed by atoms with van der Waals surface area (Å²) in [6.45, 7) is 5.41. The van der Waals surface area contributed by atoms with Crippen LogP contribution in [0.15, 0.2) is 27.5 Å². The first-order valence-corrected chi connectivity index (χ1v) is 8.04. The highest BCUT2D eigenvalue weighted by molar-refractivity contribution is 7.89. The van der Waals surface area contributed by atoms with Gasteiger partial charge in [0.05, 0.1) is 12.2 Å². The second-order valence-electron chi connectivity index (χ2n) is 4.82. The number of sulfonamides is 1. The van der Waals surface area contributed by atoms with Crippen molar-refractivity contribution in [2.45, 2.75) is 38.8 Å². The zero-order chi connectivity index (χ0) is 15.6. The van der Waals surface area contributed by atoms with Gasteiger partial charge in [-0.05, 0) is 32.9 Å². The maximum atomic E-state index is 12.4. The summed E-state index contributed by atoms with van der Waals surface area (Å²) in [5.41, 5.74) is 7.63. The molecule has 0 bridgehead atoms. The van der Waals surface area contributed by atoms with Gasteiger partial charge in [-0.1, -0.05) is 6.07 Å². The molecule has 0 atom stereocenters. The molecule has 0 aliphatic rings. The summed E-state index contributed by atoms with van der Waals surface area (Å²) in [4.78, 5) is 4.40. The third kappa shape index (κ3) is 3.31. The van der Waals surface area contributed by atoms with Gasteiger partial charge < -0.3 is 10.2 Å². The fourth-order valence-electron chi connectivity index (χ4n) is 2.24. The Morgan fingerprint density at radius 3 is 2.57 bits per heavy atom. The number of aromatic nitrogens is 1. The molecule has 2 heterocycles. The van der Waals surface area contributed by atoms with Gasteiger partial charge in [-0.3, -0.25) is 4.98 Å². The number of hydrogen-bond donors (Lipinski definition) is 2. The van der Waals surface area contributed by atoms with Gasteiger partial charge in [-0.2, -0.15) is 0 Å². The molecule has 0 amide bonds. The van der Waals surface area contributed by atoms with Crippen LogP contribution in [0.3, 0.4) is 0 Å². The van der Waals surface area contributed by atoms with Crippen LogP contribution in [0.5, 0.6) is 0 Å². The molecule has 0 radical (unpaired) electrons. The second-order valence-corrected chi connectivity index (χ2v) is 6.52. The quantitative estimate of drug-likeness (QED) is 0.873. The fraction of sp³-hybridized carbons (Fsp3) is 0.357. The van der Waals surface area contributed by atoms with Crippen LogP contribution >= 0.6 is 0 Å². The Bertz CT molecular complexity index is 751. The van der Waals surface area contributed by atoms with E-state index >= 15 is 0 Å². The van der Waals surface area contributed by atoms with E-state index in [1.807, 2.05) is 19.1 Å². The largest absolute Gasteiger partial charge is 0.465 e. The Morgan fingerprint density at radius 1 is 1.24 bits per heavy atom. The Labute approximate surface area is 124 Å². The summed E-state index contributed by atoms with van der Waals surface area (Å²) in [7, 11) is -3.69. The predicted octanol–water partition coefficient (Wildman–Crippen LogP) is 1.54. The number of aryl methyl sites for hydroxylation is 3. The normalized spacial score (nSPS) is 11.8. The van der Waals surface area contributed by atoms with Gasteiger partial charge in [-0.15, -0.1) is 0 Å². The van der Waals surface area contributed by atoms with Crippen molar-refractivity contribution < 1.29 is 12.8 Å². The molecule has 0 fully saturated rings. The highest BCUT2D eigenvalue weighted by Gasteiger charge is 2.25. The summed E-state index contributed by atoms with van der Waals surface area (Å²) in [6, 6.07) is 5.46. The topological polar surface area (TPSA) is 98.2 Å². The average Bonchev–Trinajstić information content (AvgIpc) is 2.71. The third-order valence-corrected chi connectivity index (χ3v) is 4.78. The maximum Gasteiger partial charge on any atom is 0.244 e. The van der Waals surface area contributed by atoms with E-state index in [2.05, 4.69) is 9.71 Å². The molecule has 3 N–H and O–H groups in total. The van der Waals surface area contributed by atoms with E-state index < -0.39 is 10.0 Å². The van der Waals surface area contributed by atoms with Crippen LogP contribution in [0.1, 0.15) is 28.5 Å². The number of hydrogen-bond acceptors (Lipinski definition) is 5. The SMILES string of the molecule is Cc1cccc(CNS(=O)(=O)c2c(C)oc(C)c2CN)n1. The average molecular weight is 309 g/mol. The van der Waals surface area contributed by atoms with Crippen LogP contribution in [-0.4, -0.2) is 13.4 Å². The molecule has 114 valence electrons. The smallest absolute Gasteiger partial charge is 0.244 e. The van der Waals surface area contributed by atoms with E-state index in [9.17, 15) is 8.42 Å². The first kappa shape index (κ1) is 15.7. The van der Waals surface area contributed by atoms with E-state index in [1.165, 1.54) is 0 Å². The van der Waals surface area contributed by atoms with Crippen molar-refractivity contribution in [3.8, 4) is 0 Å². The van der Waals surface area contributed by atoms with Crippen molar-refractivity contribution in [2.75, 3.05) is 0 Å². The molecule has 2 aromatic rings. The molecule has 6 nitrogen and oxygen atoms in total. The maximum absolute atomic E-state index is 12.4. The molecule has 0 spiro atoms. The number of pyridine rings is 1. The zero-order valence-corrected chi connectivity index (χ0v) is 13.1. The highest BCUT2D eigenvalue weighted by Crippen LogP contribution is 2.26. The number of nitrogens with two attached hydrogens (primary N) is 1. The molecule has 2 aromatic heterocycles. The summed E-state index contributed by atoms with van der Waals surface area (Å²) in [6.07, 6.45) is 0. The molecule has 0 saturated carbocycles. The van der Waals surface area contributed by atoms with Crippen molar-refractivity contribution in [2.24, 2.45) is 5.73 Å². The number of nitrogens with zero attached hydrogens (tertiary/aromatic N) is 1. The van der Waals surface area contributed by atoms with E-state index in [0.29, 0.717) is 22.8 Å². The monoisotopic (exact) mass is 309 g/mol. The molecule has 0 unspecified atom stereocenters. The Hall–Kier alpha value is -1.70. The predicted molar refractivity (Wildman–Crippen MR) is 79.1 cm³/mol. The summed E-state index contributed by atoms with van der Waals surface area (Å²) in [5, 5.41) is 0. The molecular weight excluding hydrogens is 290 g/mol. The molecule has 0 aromatic carbocycles. The Kier molecular flexibility index (Phi) is 4.46. The van der Waals surface area contributed by atoms with Crippen molar-refractivity contribution in [3.63, 3.8) is 0 Å². The number of nitrogens with one attached hydrogen (secondary N) is 1. The Balaban J connectivity index is 2.27. The van der Waals surface area contributed by atoms with E-state index in [1.54, 1.807) is 19.9 Å². The molecule has 0 aliphatic carbocycles. The summed E-state index contributed by atoms with van der Waals surface area (Å²) < 4.78 is 32.8. The van der Waals surface area contributed by atoms with Gasteiger partial charge in [0.1, 0.15) is 16.4 Å². The van der Waals surface area contributed by atoms with Gasteiger partial charge >= 0.3 is 0 Å². The summed E-state index contributed by atoms with van der Waals surface area (Å²) >= 11 is 0. The first-order chi connectivity index (χ1) is 9.85. The van der Waals surface area contributed by atoms with E-state index in [0.717, 1.165) is 5.69 Å². The highest BCUT2D eigenvalue weighted by atomic mass is 32.2. The lowest BCUT2D eigenvalue weighted by Gasteiger charge is -2.08. The molecular formula is C14H19N3O3S. The van der Waals surface area contributed by atoms with Gasteiger partial charge in [0.15, 0.2) is 0 Å². The van der Waals surface area contributed by atoms with Crippen LogP contribution in [0, 0.1) is 20.8 Å². The molecule has 0 aliphatic heterocycles. The number of rotatable bonds is 5. The Morgan fingerprint density at radius 2 is 1.95 bits per heavy atom. The minimum Gasteiger partial charge on any atom is -0.465 e. The van der Waals surface area contributed by atoms with Gasteiger partial charge in [0, 0.05) is 17.8 Å². The van der Waals surface area contributed by atoms with Crippen LogP contribution in [0.25, 0.3) is 0 Å². The van der Waals surface area contributed by atoms with E-state index in [-0.39, 0.29) is 18.0 Å². The van der Waals surface area contributed by atoms with E-state index in [4.69, 9.17) is 10.2 Å². The minimum absolute atomic E-state index is 0.113. The second kappa shape index (κ2) is 5.97. The van der Waals surface area contributed by atoms with Gasteiger partial charge in [0.25, 0.3) is 0 Å². The number of furan rings is 1. The van der Waals surface area contributed by atoms with Crippen molar-refractivity contribution in [3.05, 3.63) is 46.7 Å². The van der Waals surface area contributed by atoms with Crippen molar-refractivity contribution >= 4 is 10.0 Å². The zero-order valence-electron chi connectivity index (χ0n) is 12.3.